The zero-order chi connectivity index (χ0) is 13.9. The minimum Gasteiger partial charge on any atom is -0.487 e. The van der Waals surface area contributed by atoms with Crippen LogP contribution in [0.25, 0.3) is 0 Å². The molecular formula is C18H21NO. The van der Waals surface area contributed by atoms with Crippen LogP contribution in [-0.4, -0.2) is 6.54 Å². The number of nitrogens with one attached hydrogen (secondary N) is 1. The Morgan fingerprint density at radius 2 is 1.80 bits per heavy atom. The maximum Gasteiger partial charge on any atom is 0.143 e. The molecule has 0 atom stereocenters. The minimum atomic E-state index is 0.636. The van der Waals surface area contributed by atoms with Gasteiger partial charge in [-0.2, -0.15) is 0 Å². The summed E-state index contributed by atoms with van der Waals surface area (Å²) in [4.78, 5) is 0. The molecule has 1 N–H and O–H groups in total. The topological polar surface area (TPSA) is 21.3 Å². The Morgan fingerprint density at radius 1 is 1.05 bits per heavy atom. The molecule has 20 heavy (non-hydrogen) atoms. The lowest BCUT2D eigenvalue weighted by Crippen LogP contribution is -2.13. The molecule has 0 aliphatic carbocycles. The Hall–Kier alpha value is -1.96. The SMILES string of the molecule is Cc1cccc(C)c1COc1cccc2c1NCCC2. The molecule has 2 aromatic rings. The van der Waals surface area contributed by atoms with E-state index in [0.29, 0.717) is 6.61 Å². The highest BCUT2D eigenvalue weighted by molar-refractivity contribution is 5.63. The zero-order valence-corrected chi connectivity index (χ0v) is 12.2. The van der Waals surface area contributed by atoms with Gasteiger partial charge < -0.3 is 10.1 Å². The van der Waals surface area contributed by atoms with Crippen LogP contribution in [0.4, 0.5) is 5.69 Å². The molecule has 0 spiro atoms. The number of fused-ring (bicyclic) bond motifs is 1. The number of aryl methyl sites for hydroxylation is 3. The van der Waals surface area contributed by atoms with Crippen LogP contribution >= 0.6 is 0 Å². The summed E-state index contributed by atoms with van der Waals surface area (Å²) in [5.41, 5.74) is 6.44. The van der Waals surface area contributed by atoms with Crippen LogP contribution in [0.15, 0.2) is 36.4 Å². The largest absolute Gasteiger partial charge is 0.487 e. The van der Waals surface area contributed by atoms with E-state index in [9.17, 15) is 0 Å². The van der Waals surface area contributed by atoms with Crippen molar-refractivity contribution in [3.05, 3.63) is 58.7 Å². The molecule has 2 aromatic carbocycles. The molecule has 3 rings (SSSR count). The predicted molar refractivity (Wildman–Crippen MR) is 83.5 cm³/mol. The second kappa shape index (κ2) is 5.58. The Bertz CT molecular complexity index is 599. The van der Waals surface area contributed by atoms with Crippen LogP contribution in [0, 0.1) is 13.8 Å². The van der Waals surface area contributed by atoms with E-state index in [-0.39, 0.29) is 0 Å². The fourth-order valence-corrected chi connectivity index (χ4v) is 2.82. The molecule has 1 aliphatic rings. The summed E-state index contributed by atoms with van der Waals surface area (Å²) < 4.78 is 6.09. The van der Waals surface area contributed by atoms with Crippen LogP contribution in [0.3, 0.4) is 0 Å². The van der Waals surface area contributed by atoms with Crippen LogP contribution < -0.4 is 10.1 Å². The highest BCUT2D eigenvalue weighted by Gasteiger charge is 2.13. The molecule has 2 heteroatoms. The second-order valence-corrected chi connectivity index (χ2v) is 5.48. The first-order valence-corrected chi connectivity index (χ1v) is 7.29. The smallest absolute Gasteiger partial charge is 0.143 e. The number of para-hydroxylation sites is 1. The standard InChI is InChI=1S/C18H21NO/c1-13-6-3-7-14(2)16(13)12-20-17-10-4-8-15-9-5-11-19-18(15)17/h3-4,6-8,10,19H,5,9,11-12H2,1-2H3. The second-order valence-electron chi connectivity index (χ2n) is 5.48. The summed E-state index contributed by atoms with van der Waals surface area (Å²) >= 11 is 0. The summed E-state index contributed by atoms with van der Waals surface area (Å²) in [6, 6.07) is 12.7. The molecule has 0 saturated heterocycles. The van der Waals surface area contributed by atoms with Gasteiger partial charge in [0.25, 0.3) is 0 Å². The van der Waals surface area contributed by atoms with Gasteiger partial charge in [0, 0.05) is 6.54 Å². The Balaban J connectivity index is 1.82. The van der Waals surface area contributed by atoms with Crippen molar-refractivity contribution in [3.63, 3.8) is 0 Å². The highest BCUT2D eigenvalue weighted by Crippen LogP contribution is 2.32. The maximum absolute atomic E-state index is 6.09. The first kappa shape index (κ1) is 13.0. The molecular weight excluding hydrogens is 246 g/mol. The van der Waals surface area contributed by atoms with Gasteiger partial charge in [0.15, 0.2) is 0 Å². The van der Waals surface area contributed by atoms with Crippen molar-refractivity contribution in [1.29, 1.82) is 0 Å². The van der Waals surface area contributed by atoms with E-state index < -0.39 is 0 Å². The van der Waals surface area contributed by atoms with E-state index >= 15 is 0 Å². The molecule has 0 bridgehead atoms. The molecule has 0 aromatic heterocycles. The monoisotopic (exact) mass is 267 g/mol. The van der Waals surface area contributed by atoms with E-state index in [0.717, 1.165) is 18.7 Å². The fraction of sp³-hybridized carbons (Fsp3) is 0.333. The lowest BCUT2D eigenvalue weighted by molar-refractivity contribution is 0.305. The van der Waals surface area contributed by atoms with Gasteiger partial charge in [0.05, 0.1) is 5.69 Å². The van der Waals surface area contributed by atoms with Crippen LogP contribution in [-0.2, 0) is 13.0 Å². The Kier molecular flexibility index (Phi) is 3.64. The zero-order valence-electron chi connectivity index (χ0n) is 12.2. The van der Waals surface area contributed by atoms with Crippen molar-refractivity contribution in [2.75, 3.05) is 11.9 Å². The first-order chi connectivity index (χ1) is 9.75. The molecule has 0 fully saturated rings. The van der Waals surface area contributed by atoms with E-state index in [1.165, 1.54) is 34.4 Å². The minimum absolute atomic E-state index is 0.636. The normalized spacial score (nSPS) is 13.5. The van der Waals surface area contributed by atoms with Gasteiger partial charge in [-0.05, 0) is 55.0 Å². The van der Waals surface area contributed by atoms with Crippen LogP contribution in [0.2, 0.25) is 0 Å². The molecule has 104 valence electrons. The van der Waals surface area contributed by atoms with E-state index in [1.807, 2.05) is 0 Å². The summed E-state index contributed by atoms with van der Waals surface area (Å²) in [7, 11) is 0. The van der Waals surface area contributed by atoms with Gasteiger partial charge >= 0.3 is 0 Å². The third kappa shape index (κ3) is 2.51. The van der Waals surface area contributed by atoms with Crippen molar-refractivity contribution in [1.82, 2.24) is 0 Å². The summed E-state index contributed by atoms with van der Waals surface area (Å²) in [5, 5.41) is 3.47. The lowest BCUT2D eigenvalue weighted by Gasteiger charge is -2.21. The van der Waals surface area contributed by atoms with Crippen LogP contribution in [0.1, 0.15) is 28.7 Å². The molecule has 1 heterocycles. The average Bonchev–Trinajstić information content (AvgIpc) is 2.47. The molecule has 2 nitrogen and oxygen atoms in total. The summed E-state index contributed by atoms with van der Waals surface area (Å²) in [5.74, 6) is 0.977. The van der Waals surface area contributed by atoms with Crippen molar-refractivity contribution >= 4 is 5.69 Å². The number of hydrogen-bond acceptors (Lipinski definition) is 2. The van der Waals surface area contributed by atoms with Gasteiger partial charge in [0.1, 0.15) is 12.4 Å². The van der Waals surface area contributed by atoms with Crippen LogP contribution in [0.5, 0.6) is 5.75 Å². The fourth-order valence-electron chi connectivity index (χ4n) is 2.82. The van der Waals surface area contributed by atoms with Gasteiger partial charge in [-0.15, -0.1) is 0 Å². The summed E-state index contributed by atoms with van der Waals surface area (Å²) in [6.45, 7) is 5.96. The third-order valence-electron chi connectivity index (χ3n) is 4.05. The third-order valence-corrected chi connectivity index (χ3v) is 4.05. The van der Waals surface area contributed by atoms with E-state index in [4.69, 9.17) is 4.74 Å². The average molecular weight is 267 g/mol. The maximum atomic E-state index is 6.09. The van der Waals surface area contributed by atoms with Gasteiger partial charge in [-0.1, -0.05) is 30.3 Å². The molecule has 0 amide bonds. The summed E-state index contributed by atoms with van der Waals surface area (Å²) in [6.07, 6.45) is 2.34. The van der Waals surface area contributed by atoms with Gasteiger partial charge in [-0.25, -0.2) is 0 Å². The first-order valence-electron chi connectivity index (χ1n) is 7.29. The highest BCUT2D eigenvalue weighted by atomic mass is 16.5. The van der Waals surface area contributed by atoms with Gasteiger partial charge in [0.2, 0.25) is 0 Å². The lowest BCUT2D eigenvalue weighted by atomic mass is 10.0. The van der Waals surface area contributed by atoms with Crippen molar-refractivity contribution in [2.45, 2.75) is 33.3 Å². The van der Waals surface area contributed by atoms with Gasteiger partial charge in [-0.3, -0.25) is 0 Å². The number of rotatable bonds is 3. The van der Waals surface area contributed by atoms with E-state index in [1.54, 1.807) is 0 Å². The quantitative estimate of drug-likeness (QED) is 0.898. The predicted octanol–water partition coefficient (Wildman–Crippen LogP) is 4.24. The molecule has 1 aliphatic heterocycles. The number of anilines is 1. The number of hydrogen-bond donors (Lipinski definition) is 1. The van der Waals surface area contributed by atoms with Crippen molar-refractivity contribution in [2.24, 2.45) is 0 Å². The van der Waals surface area contributed by atoms with Crippen molar-refractivity contribution < 1.29 is 4.74 Å². The Labute approximate surface area is 120 Å². The molecule has 0 unspecified atom stereocenters. The molecule has 0 saturated carbocycles. The Morgan fingerprint density at radius 3 is 2.60 bits per heavy atom. The van der Waals surface area contributed by atoms with E-state index in [2.05, 4.69) is 55.6 Å². The number of ether oxygens (including phenoxy) is 1. The van der Waals surface area contributed by atoms with Crippen molar-refractivity contribution in [3.8, 4) is 5.75 Å². The number of benzene rings is 2. The molecule has 0 radical (unpaired) electrons.